The maximum Gasteiger partial charge on any atom is 0.303 e. The normalized spacial score (nSPS) is 24.8. The highest BCUT2D eigenvalue weighted by Crippen LogP contribution is 2.30. The van der Waals surface area contributed by atoms with Gasteiger partial charge in [-0.05, 0) is 31.0 Å². The number of ether oxygens (including phenoxy) is 5. The molecule has 1 aromatic rings. The fourth-order valence-electron chi connectivity index (χ4n) is 3.35. The van der Waals surface area contributed by atoms with E-state index in [1.807, 2.05) is 26.0 Å². The van der Waals surface area contributed by atoms with Gasteiger partial charge in [0.1, 0.15) is 24.5 Å². The summed E-state index contributed by atoms with van der Waals surface area (Å²) in [6.45, 7) is 8.31. The Hall–Kier alpha value is -3.14. The molecule has 5 atom stereocenters. The fraction of sp³-hybridized carbons (Fsp3) is 0.545. The van der Waals surface area contributed by atoms with E-state index in [-0.39, 0.29) is 6.61 Å². The van der Waals surface area contributed by atoms with Gasteiger partial charge in [0.2, 0.25) is 12.2 Å². The predicted molar refractivity (Wildman–Crippen MR) is 111 cm³/mol. The Morgan fingerprint density at radius 1 is 0.938 bits per heavy atom. The first-order valence-corrected chi connectivity index (χ1v) is 10.1. The van der Waals surface area contributed by atoms with Crippen LogP contribution in [0.1, 0.15) is 38.8 Å². The molecule has 0 aliphatic carbocycles. The van der Waals surface area contributed by atoms with Crippen LogP contribution in [0.5, 0.6) is 5.75 Å². The summed E-state index contributed by atoms with van der Waals surface area (Å²) in [5, 5.41) is 2.67. The molecule has 0 saturated carbocycles. The Balaban J connectivity index is 2.49. The smallest absolute Gasteiger partial charge is 0.303 e. The summed E-state index contributed by atoms with van der Waals surface area (Å²) < 4.78 is 27.9. The van der Waals surface area contributed by atoms with Gasteiger partial charge in [-0.25, -0.2) is 0 Å². The third-order valence-corrected chi connectivity index (χ3v) is 4.66. The van der Waals surface area contributed by atoms with Crippen molar-refractivity contribution in [1.82, 2.24) is 5.32 Å². The number of carbonyl (C=O) groups excluding carboxylic acids is 4. The lowest BCUT2D eigenvalue weighted by molar-refractivity contribution is -0.257. The molecule has 32 heavy (non-hydrogen) atoms. The zero-order chi connectivity index (χ0) is 24.0. The minimum atomic E-state index is -1.16. The topological polar surface area (TPSA) is 126 Å². The molecule has 1 aliphatic heterocycles. The second kappa shape index (κ2) is 10.9. The number of nitrogens with one attached hydrogen (secondary N) is 1. The van der Waals surface area contributed by atoms with Gasteiger partial charge in [-0.2, -0.15) is 0 Å². The van der Waals surface area contributed by atoms with E-state index in [4.69, 9.17) is 23.7 Å². The highest BCUT2D eigenvalue weighted by Gasteiger charge is 2.52. The number of hydrogen-bond donors (Lipinski definition) is 1. The Morgan fingerprint density at radius 3 is 2.12 bits per heavy atom. The zero-order valence-corrected chi connectivity index (χ0v) is 19.0. The number of hydrogen-bond acceptors (Lipinski definition) is 9. The van der Waals surface area contributed by atoms with Crippen molar-refractivity contribution < 1.29 is 42.9 Å². The molecular formula is C22H29NO9. The van der Waals surface area contributed by atoms with Gasteiger partial charge < -0.3 is 29.0 Å². The van der Waals surface area contributed by atoms with Gasteiger partial charge >= 0.3 is 17.9 Å². The average Bonchev–Trinajstić information content (AvgIpc) is 2.66. The zero-order valence-electron chi connectivity index (χ0n) is 19.0. The van der Waals surface area contributed by atoms with Gasteiger partial charge in [0.15, 0.2) is 12.2 Å². The number of benzene rings is 1. The lowest BCUT2D eigenvalue weighted by Gasteiger charge is -2.44. The SMILES string of the molecule is CC(=O)N[C@@H]1[C@H](Oc2cc(C)ccc2C)O[C@H](COC(C)=O)[C@H](OC(C)=O)[C@H]1OC(C)=O. The largest absolute Gasteiger partial charge is 0.463 e. The number of carbonyl (C=O) groups is 4. The van der Waals surface area contributed by atoms with E-state index in [0.717, 1.165) is 11.1 Å². The minimum absolute atomic E-state index is 0.287. The van der Waals surface area contributed by atoms with Crippen molar-refractivity contribution in [2.45, 2.75) is 72.2 Å². The van der Waals surface area contributed by atoms with Crippen LogP contribution < -0.4 is 10.1 Å². The molecule has 176 valence electrons. The van der Waals surface area contributed by atoms with Gasteiger partial charge in [0.05, 0.1) is 0 Å². The second-order valence-electron chi connectivity index (χ2n) is 7.61. The molecule has 10 heteroatoms. The Kier molecular flexibility index (Phi) is 8.59. The molecule has 1 aromatic carbocycles. The van der Waals surface area contributed by atoms with Gasteiger partial charge in [0.25, 0.3) is 0 Å². The summed E-state index contributed by atoms with van der Waals surface area (Å²) in [4.78, 5) is 47.0. The molecule has 1 heterocycles. The van der Waals surface area contributed by atoms with E-state index in [1.54, 1.807) is 6.07 Å². The molecule has 1 aliphatic rings. The van der Waals surface area contributed by atoms with Crippen molar-refractivity contribution in [3.8, 4) is 5.75 Å². The van der Waals surface area contributed by atoms with Crippen molar-refractivity contribution >= 4 is 23.8 Å². The average molecular weight is 451 g/mol. The number of esters is 3. The van der Waals surface area contributed by atoms with E-state index < -0.39 is 54.5 Å². The van der Waals surface area contributed by atoms with E-state index in [9.17, 15) is 19.2 Å². The summed E-state index contributed by atoms with van der Waals surface area (Å²) >= 11 is 0. The van der Waals surface area contributed by atoms with Gasteiger partial charge in [-0.15, -0.1) is 0 Å². The summed E-state index contributed by atoms with van der Waals surface area (Å²) in [6, 6.07) is 4.55. The number of aryl methyl sites for hydroxylation is 2. The first-order chi connectivity index (χ1) is 15.0. The lowest BCUT2D eigenvalue weighted by Crippen LogP contribution is -2.67. The highest BCUT2D eigenvalue weighted by atomic mass is 16.7. The van der Waals surface area contributed by atoms with Crippen LogP contribution in [0.25, 0.3) is 0 Å². The number of amides is 1. The van der Waals surface area contributed by atoms with Crippen LogP contribution in [0.15, 0.2) is 18.2 Å². The van der Waals surface area contributed by atoms with Crippen LogP contribution >= 0.6 is 0 Å². The molecular weight excluding hydrogens is 422 g/mol. The predicted octanol–water partition coefficient (Wildman–Crippen LogP) is 1.34. The van der Waals surface area contributed by atoms with E-state index in [1.165, 1.54) is 27.7 Å². The van der Waals surface area contributed by atoms with Crippen molar-refractivity contribution in [1.29, 1.82) is 0 Å². The molecule has 2 rings (SSSR count). The van der Waals surface area contributed by atoms with Crippen molar-refractivity contribution in [2.24, 2.45) is 0 Å². The third-order valence-electron chi connectivity index (χ3n) is 4.66. The highest BCUT2D eigenvalue weighted by molar-refractivity contribution is 5.73. The van der Waals surface area contributed by atoms with Gasteiger partial charge in [0, 0.05) is 27.7 Å². The van der Waals surface area contributed by atoms with Crippen molar-refractivity contribution in [3.05, 3.63) is 29.3 Å². The van der Waals surface area contributed by atoms with Crippen molar-refractivity contribution in [2.75, 3.05) is 6.61 Å². The van der Waals surface area contributed by atoms with Crippen molar-refractivity contribution in [3.63, 3.8) is 0 Å². The summed E-state index contributed by atoms with van der Waals surface area (Å²) in [7, 11) is 0. The summed E-state index contributed by atoms with van der Waals surface area (Å²) in [6.07, 6.45) is -4.49. The molecule has 0 unspecified atom stereocenters. The van der Waals surface area contributed by atoms with Crippen LogP contribution in [0, 0.1) is 13.8 Å². The molecule has 0 bridgehead atoms. The fourth-order valence-corrected chi connectivity index (χ4v) is 3.35. The second-order valence-corrected chi connectivity index (χ2v) is 7.61. The summed E-state index contributed by atoms with van der Waals surface area (Å²) in [5.74, 6) is -1.86. The number of rotatable bonds is 7. The Labute approximate surface area is 186 Å². The quantitative estimate of drug-likeness (QED) is 0.483. The maximum atomic E-state index is 11.9. The molecule has 1 N–H and O–H groups in total. The monoisotopic (exact) mass is 451 g/mol. The minimum Gasteiger partial charge on any atom is -0.463 e. The van der Waals surface area contributed by atoms with Crippen LogP contribution in [-0.4, -0.2) is 61.1 Å². The molecule has 0 radical (unpaired) electrons. The first-order valence-electron chi connectivity index (χ1n) is 10.1. The molecule has 1 amide bonds. The maximum absolute atomic E-state index is 11.9. The molecule has 0 aromatic heterocycles. The Bertz CT molecular complexity index is 869. The van der Waals surface area contributed by atoms with E-state index in [0.29, 0.717) is 5.75 Å². The third kappa shape index (κ3) is 6.94. The van der Waals surface area contributed by atoms with Gasteiger partial charge in [-0.3, -0.25) is 19.2 Å². The molecule has 1 fully saturated rings. The summed E-state index contributed by atoms with van der Waals surface area (Å²) in [5.41, 5.74) is 1.74. The molecule has 1 saturated heterocycles. The van der Waals surface area contributed by atoms with E-state index in [2.05, 4.69) is 5.32 Å². The first kappa shape index (κ1) is 25.1. The standard InChI is InChI=1S/C22H29NO9/c1-11-7-8-12(2)17(9-11)31-22-19(23-13(3)24)21(30-16(6)27)20(29-15(5)26)18(32-22)10-28-14(4)25/h7-9,18-22H,10H2,1-6H3,(H,23,24)/t18-,19+,20+,21+,22-/m1/s1. The molecule has 10 nitrogen and oxygen atoms in total. The Morgan fingerprint density at radius 2 is 1.56 bits per heavy atom. The van der Waals surface area contributed by atoms with E-state index >= 15 is 0 Å². The molecule has 0 spiro atoms. The van der Waals surface area contributed by atoms with Gasteiger partial charge in [-0.1, -0.05) is 12.1 Å². The lowest BCUT2D eigenvalue weighted by atomic mass is 9.96. The van der Waals surface area contributed by atoms with Crippen LogP contribution in [0.2, 0.25) is 0 Å². The van der Waals surface area contributed by atoms with Crippen LogP contribution in [0.4, 0.5) is 0 Å². The van der Waals surface area contributed by atoms with Crippen LogP contribution in [-0.2, 0) is 38.1 Å². The van der Waals surface area contributed by atoms with Crippen LogP contribution in [0.3, 0.4) is 0 Å².